The van der Waals surface area contributed by atoms with Crippen LogP contribution in [0.1, 0.15) is 65.2 Å². The van der Waals surface area contributed by atoms with Crippen LogP contribution in [0.3, 0.4) is 0 Å². The minimum atomic E-state index is 0.727. The molecule has 2 heteroatoms. The number of likely N-dealkylation sites (N-methyl/N-ethyl adjacent to an activating group) is 1. The smallest absolute Gasteiger partial charge is 0.0217 e. The third-order valence-corrected chi connectivity index (χ3v) is 4.25. The molecule has 0 spiro atoms. The molecule has 1 aliphatic rings. The predicted molar refractivity (Wildman–Crippen MR) is 76.5 cm³/mol. The average Bonchev–Trinajstić information content (AvgIpc) is 2.63. The Balaban J connectivity index is 2.36. The predicted octanol–water partition coefficient (Wildman–Crippen LogP) is 3.42. The zero-order valence-corrected chi connectivity index (χ0v) is 12.2. The van der Waals surface area contributed by atoms with Crippen LogP contribution < -0.4 is 5.32 Å². The Morgan fingerprint density at radius 1 is 1.12 bits per heavy atom. The maximum absolute atomic E-state index is 3.58. The van der Waals surface area contributed by atoms with E-state index in [1.807, 2.05) is 0 Å². The molecule has 1 unspecified atom stereocenters. The van der Waals surface area contributed by atoms with Gasteiger partial charge in [-0.15, -0.1) is 0 Å². The van der Waals surface area contributed by atoms with Crippen molar-refractivity contribution < 1.29 is 0 Å². The van der Waals surface area contributed by atoms with Crippen LogP contribution in [0.5, 0.6) is 0 Å². The Labute approximate surface area is 108 Å². The van der Waals surface area contributed by atoms with Gasteiger partial charge in [-0.25, -0.2) is 0 Å². The summed E-state index contributed by atoms with van der Waals surface area (Å²) in [5.74, 6) is 0. The maximum atomic E-state index is 3.58. The van der Waals surface area contributed by atoms with Gasteiger partial charge in [0.2, 0.25) is 0 Å². The highest BCUT2D eigenvalue weighted by molar-refractivity contribution is 4.79. The molecule has 0 aromatic rings. The molecule has 1 aliphatic carbocycles. The van der Waals surface area contributed by atoms with Crippen molar-refractivity contribution in [2.24, 2.45) is 0 Å². The third-order valence-electron chi connectivity index (χ3n) is 4.25. The Morgan fingerprint density at radius 2 is 1.76 bits per heavy atom. The van der Waals surface area contributed by atoms with Crippen molar-refractivity contribution in [3.8, 4) is 0 Å². The van der Waals surface area contributed by atoms with Crippen molar-refractivity contribution in [3.63, 3.8) is 0 Å². The molecule has 0 radical (unpaired) electrons. The lowest BCUT2D eigenvalue weighted by atomic mass is 10.0. The van der Waals surface area contributed by atoms with Crippen LogP contribution in [0.2, 0.25) is 0 Å². The van der Waals surface area contributed by atoms with E-state index in [-0.39, 0.29) is 0 Å². The average molecular weight is 240 g/mol. The van der Waals surface area contributed by atoms with Gasteiger partial charge in [0.15, 0.2) is 0 Å². The number of hydrogen-bond donors (Lipinski definition) is 1. The zero-order valence-electron chi connectivity index (χ0n) is 12.2. The normalized spacial score (nSPS) is 20.5. The minimum absolute atomic E-state index is 0.727. The van der Waals surface area contributed by atoms with Crippen LogP contribution in [0, 0.1) is 0 Å². The summed E-state index contributed by atoms with van der Waals surface area (Å²) in [6.45, 7) is 6.89. The summed E-state index contributed by atoms with van der Waals surface area (Å²) in [6.07, 6.45) is 11.1. The van der Waals surface area contributed by atoms with Crippen molar-refractivity contribution in [2.75, 3.05) is 20.1 Å². The Kier molecular flexibility index (Phi) is 7.87. The molecule has 0 bridgehead atoms. The van der Waals surface area contributed by atoms with Gasteiger partial charge in [0.25, 0.3) is 0 Å². The van der Waals surface area contributed by atoms with Crippen molar-refractivity contribution in [1.29, 1.82) is 0 Å². The van der Waals surface area contributed by atoms with Gasteiger partial charge in [-0.3, -0.25) is 4.90 Å². The van der Waals surface area contributed by atoms with Crippen molar-refractivity contribution >= 4 is 0 Å². The topological polar surface area (TPSA) is 15.3 Å². The lowest BCUT2D eigenvalue weighted by molar-refractivity contribution is 0.150. The van der Waals surface area contributed by atoms with Gasteiger partial charge in [0.1, 0.15) is 0 Å². The van der Waals surface area contributed by atoms with Crippen LogP contribution in [-0.4, -0.2) is 37.1 Å². The second-order valence-corrected chi connectivity index (χ2v) is 5.58. The summed E-state index contributed by atoms with van der Waals surface area (Å²) in [6, 6.07) is 1.57. The molecule has 2 nitrogen and oxygen atoms in total. The molecular weight excluding hydrogens is 208 g/mol. The van der Waals surface area contributed by atoms with E-state index in [9.17, 15) is 0 Å². The molecule has 0 aromatic heterocycles. The maximum Gasteiger partial charge on any atom is 0.0217 e. The van der Waals surface area contributed by atoms with Crippen molar-refractivity contribution in [2.45, 2.75) is 77.3 Å². The molecular formula is C15H32N2. The van der Waals surface area contributed by atoms with E-state index in [2.05, 4.69) is 31.1 Å². The van der Waals surface area contributed by atoms with Crippen LogP contribution in [0.15, 0.2) is 0 Å². The fourth-order valence-electron chi connectivity index (χ4n) is 2.98. The van der Waals surface area contributed by atoms with E-state index < -0.39 is 0 Å². The molecule has 0 heterocycles. The van der Waals surface area contributed by atoms with E-state index >= 15 is 0 Å². The standard InChI is InChI=1S/C15H32N2/c1-4-12-16-13-14(5-2)17(3)15-10-8-6-7-9-11-15/h14-16H,4-13H2,1-3H3. The Morgan fingerprint density at radius 3 is 2.29 bits per heavy atom. The molecule has 1 atom stereocenters. The quantitative estimate of drug-likeness (QED) is 0.542. The number of nitrogens with zero attached hydrogens (tertiary/aromatic N) is 1. The van der Waals surface area contributed by atoms with Crippen LogP contribution in [0.25, 0.3) is 0 Å². The molecule has 0 amide bonds. The first-order chi connectivity index (χ1) is 8.29. The fourth-order valence-corrected chi connectivity index (χ4v) is 2.98. The van der Waals surface area contributed by atoms with Crippen LogP contribution >= 0.6 is 0 Å². The monoisotopic (exact) mass is 240 g/mol. The highest BCUT2D eigenvalue weighted by Gasteiger charge is 2.22. The molecule has 17 heavy (non-hydrogen) atoms. The molecule has 1 fully saturated rings. The second kappa shape index (κ2) is 8.93. The molecule has 1 N–H and O–H groups in total. The highest BCUT2D eigenvalue weighted by Crippen LogP contribution is 2.22. The van der Waals surface area contributed by atoms with Gasteiger partial charge < -0.3 is 5.32 Å². The Hall–Kier alpha value is -0.0800. The van der Waals surface area contributed by atoms with Crippen LogP contribution in [-0.2, 0) is 0 Å². The minimum Gasteiger partial charge on any atom is -0.315 e. The molecule has 0 saturated heterocycles. The fraction of sp³-hybridized carbons (Fsp3) is 1.00. The summed E-state index contributed by atoms with van der Waals surface area (Å²) in [5.41, 5.74) is 0. The first-order valence-electron chi connectivity index (χ1n) is 7.72. The molecule has 0 aliphatic heterocycles. The number of hydrogen-bond acceptors (Lipinski definition) is 2. The summed E-state index contributed by atoms with van der Waals surface area (Å²) in [5, 5.41) is 3.58. The van der Waals surface area contributed by atoms with E-state index in [4.69, 9.17) is 0 Å². The van der Waals surface area contributed by atoms with Gasteiger partial charge in [-0.2, -0.15) is 0 Å². The van der Waals surface area contributed by atoms with Gasteiger partial charge in [-0.1, -0.05) is 39.5 Å². The first-order valence-corrected chi connectivity index (χ1v) is 7.72. The zero-order chi connectivity index (χ0) is 12.5. The molecule has 0 aromatic carbocycles. The van der Waals surface area contributed by atoms with E-state index in [1.165, 1.54) is 51.4 Å². The van der Waals surface area contributed by atoms with Gasteiger partial charge in [-0.05, 0) is 39.3 Å². The van der Waals surface area contributed by atoms with Gasteiger partial charge >= 0.3 is 0 Å². The lowest BCUT2D eigenvalue weighted by Gasteiger charge is -2.34. The second-order valence-electron chi connectivity index (χ2n) is 5.58. The molecule has 102 valence electrons. The van der Waals surface area contributed by atoms with Gasteiger partial charge in [0, 0.05) is 18.6 Å². The summed E-state index contributed by atoms with van der Waals surface area (Å²) in [4.78, 5) is 2.66. The first kappa shape index (κ1) is 15.0. The van der Waals surface area contributed by atoms with E-state index in [1.54, 1.807) is 0 Å². The van der Waals surface area contributed by atoms with E-state index in [0.29, 0.717) is 0 Å². The Bertz CT molecular complexity index is 174. The SMILES string of the molecule is CCCNCC(CC)N(C)C1CCCCCC1. The van der Waals surface area contributed by atoms with Gasteiger partial charge in [0.05, 0.1) is 0 Å². The van der Waals surface area contributed by atoms with Crippen LogP contribution in [0.4, 0.5) is 0 Å². The summed E-state index contributed by atoms with van der Waals surface area (Å²) >= 11 is 0. The third kappa shape index (κ3) is 5.39. The molecule has 1 saturated carbocycles. The van der Waals surface area contributed by atoms with Crippen molar-refractivity contribution in [3.05, 3.63) is 0 Å². The number of nitrogens with one attached hydrogen (secondary N) is 1. The molecule has 1 rings (SSSR count). The summed E-state index contributed by atoms with van der Waals surface area (Å²) in [7, 11) is 2.35. The van der Waals surface area contributed by atoms with Crippen molar-refractivity contribution in [1.82, 2.24) is 10.2 Å². The lowest BCUT2D eigenvalue weighted by Crippen LogP contribution is -2.45. The largest absolute Gasteiger partial charge is 0.315 e. The van der Waals surface area contributed by atoms with E-state index in [0.717, 1.165) is 25.2 Å². The highest BCUT2D eigenvalue weighted by atomic mass is 15.2. The number of rotatable bonds is 7. The summed E-state index contributed by atoms with van der Waals surface area (Å²) < 4.78 is 0.